The quantitative estimate of drug-likeness (QED) is 0.702. The standard InChI is InChI=1S/C9H18N4O/c1-9(2,4-5-14)11-6-8-10-7-12-13(8)3/h7,11,14H,4-6H2,1-3H3. The third-order valence-corrected chi connectivity index (χ3v) is 2.27. The number of hydrogen-bond donors (Lipinski definition) is 2. The lowest BCUT2D eigenvalue weighted by Gasteiger charge is -2.24. The molecular formula is C9H18N4O. The minimum atomic E-state index is -0.0687. The second kappa shape index (κ2) is 4.52. The Morgan fingerprint density at radius 2 is 2.29 bits per heavy atom. The van der Waals surface area contributed by atoms with Gasteiger partial charge in [0.15, 0.2) is 0 Å². The highest BCUT2D eigenvalue weighted by atomic mass is 16.3. The van der Waals surface area contributed by atoms with Gasteiger partial charge in [-0.2, -0.15) is 5.10 Å². The minimum Gasteiger partial charge on any atom is -0.396 e. The van der Waals surface area contributed by atoms with E-state index in [1.165, 1.54) is 6.33 Å². The zero-order chi connectivity index (χ0) is 10.6. The van der Waals surface area contributed by atoms with Crippen molar-refractivity contribution in [3.63, 3.8) is 0 Å². The molecule has 0 aromatic carbocycles. The summed E-state index contributed by atoms with van der Waals surface area (Å²) in [5.41, 5.74) is -0.0687. The number of nitrogens with zero attached hydrogens (tertiary/aromatic N) is 3. The lowest BCUT2D eigenvalue weighted by Crippen LogP contribution is -2.40. The molecule has 5 heteroatoms. The Kier molecular flexibility index (Phi) is 3.60. The van der Waals surface area contributed by atoms with Gasteiger partial charge in [-0.15, -0.1) is 0 Å². The Bertz CT molecular complexity index is 282. The van der Waals surface area contributed by atoms with Crippen LogP contribution >= 0.6 is 0 Å². The number of aliphatic hydroxyl groups excluding tert-OH is 1. The Balaban J connectivity index is 2.44. The van der Waals surface area contributed by atoms with Crippen LogP contribution in [-0.4, -0.2) is 32.0 Å². The zero-order valence-electron chi connectivity index (χ0n) is 8.99. The van der Waals surface area contributed by atoms with Gasteiger partial charge in [0.2, 0.25) is 0 Å². The van der Waals surface area contributed by atoms with E-state index in [1.807, 2.05) is 7.05 Å². The number of hydrogen-bond acceptors (Lipinski definition) is 4. The molecule has 80 valence electrons. The fraction of sp³-hybridized carbons (Fsp3) is 0.778. The predicted molar refractivity (Wildman–Crippen MR) is 53.6 cm³/mol. The first kappa shape index (κ1) is 11.1. The molecule has 0 unspecified atom stereocenters. The molecule has 1 aromatic heterocycles. The molecule has 0 aliphatic heterocycles. The molecule has 0 aliphatic carbocycles. The van der Waals surface area contributed by atoms with E-state index in [1.54, 1.807) is 4.68 Å². The molecular weight excluding hydrogens is 180 g/mol. The maximum Gasteiger partial charge on any atom is 0.140 e. The summed E-state index contributed by atoms with van der Waals surface area (Å²) in [5.74, 6) is 0.899. The molecule has 0 bridgehead atoms. The van der Waals surface area contributed by atoms with Gasteiger partial charge in [0, 0.05) is 19.2 Å². The molecule has 0 radical (unpaired) electrons. The first-order chi connectivity index (χ1) is 6.55. The van der Waals surface area contributed by atoms with E-state index in [2.05, 4.69) is 29.2 Å². The van der Waals surface area contributed by atoms with E-state index in [0.29, 0.717) is 6.54 Å². The van der Waals surface area contributed by atoms with Crippen LogP contribution in [0.3, 0.4) is 0 Å². The molecule has 5 nitrogen and oxygen atoms in total. The highest BCUT2D eigenvalue weighted by Gasteiger charge is 2.16. The number of rotatable bonds is 5. The van der Waals surface area contributed by atoms with Crippen molar-refractivity contribution in [2.75, 3.05) is 6.61 Å². The van der Waals surface area contributed by atoms with Crippen LogP contribution in [-0.2, 0) is 13.6 Å². The molecule has 1 rings (SSSR count). The van der Waals surface area contributed by atoms with Crippen molar-refractivity contribution in [2.45, 2.75) is 32.4 Å². The van der Waals surface area contributed by atoms with Crippen LogP contribution < -0.4 is 5.32 Å². The maximum atomic E-state index is 8.84. The summed E-state index contributed by atoms with van der Waals surface area (Å²) in [7, 11) is 1.86. The molecule has 0 atom stereocenters. The number of aromatic nitrogens is 3. The first-order valence-corrected chi connectivity index (χ1v) is 4.74. The Morgan fingerprint density at radius 1 is 1.57 bits per heavy atom. The van der Waals surface area contributed by atoms with Gasteiger partial charge in [0.05, 0.1) is 6.54 Å². The molecule has 0 spiro atoms. The summed E-state index contributed by atoms with van der Waals surface area (Å²) in [4.78, 5) is 4.11. The Hall–Kier alpha value is -0.940. The highest BCUT2D eigenvalue weighted by molar-refractivity contribution is 4.86. The molecule has 0 aliphatic rings. The molecule has 14 heavy (non-hydrogen) atoms. The van der Waals surface area contributed by atoms with Crippen molar-refractivity contribution < 1.29 is 5.11 Å². The molecule has 1 aromatic rings. The second-order valence-electron chi connectivity index (χ2n) is 4.01. The van der Waals surface area contributed by atoms with Crippen LogP contribution in [0.15, 0.2) is 6.33 Å². The van der Waals surface area contributed by atoms with Crippen molar-refractivity contribution >= 4 is 0 Å². The van der Waals surface area contributed by atoms with Crippen molar-refractivity contribution in [2.24, 2.45) is 7.05 Å². The largest absolute Gasteiger partial charge is 0.396 e. The predicted octanol–water partition coefficient (Wildman–Crippen LogP) is 0.0657. The van der Waals surface area contributed by atoms with Gasteiger partial charge in [-0.25, -0.2) is 4.98 Å². The Labute approximate surface area is 84.2 Å². The zero-order valence-corrected chi connectivity index (χ0v) is 8.99. The van der Waals surface area contributed by atoms with Gasteiger partial charge < -0.3 is 10.4 Å². The van der Waals surface area contributed by atoms with Crippen molar-refractivity contribution in [3.8, 4) is 0 Å². The van der Waals surface area contributed by atoms with Crippen LogP contribution in [0.2, 0.25) is 0 Å². The van der Waals surface area contributed by atoms with Crippen LogP contribution in [0, 0.1) is 0 Å². The van der Waals surface area contributed by atoms with Crippen LogP contribution in [0.5, 0.6) is 0 Å². The molecule has 0 saturated heterocycles. The van der Waals surface area contributed by atoms with E-state index >= 15 is 0 Å². The van der Waals surface area contributed by atoms with Gasteiger partial charge in [0.1, 0.15) is 12.2 Å². The van der Waals surface area contributed by atoms with Gasteiger partial charge in [-0.3, -0.25) is 4.68 Å². The minimum absolute atomic E-state index is 0.0687. The summed E-state index contributed by atoms with van der Waals surface area (Å²) in [6, 6.07) is 0. The molecule has 0 fully saturated rings. The summed E-state index contributed by atoms with van der Waals surface area (Å²) in [5, 5.41) is 16.1. The summed E-state index contributed by atoms with van der Waals surface area (Å²) in [6.07, 6.45) is 2.26. The molecule has 1 heterocycles. The average Bonchev–Trinajstić information content (AvgIpc) is 2.48. The van der Waals surface area contributed by atoms with Crippen molar-refractivity contribution in [1.82, 2.24) is 20.1 Å². The van der Waals surface area contributed by atoms with E-state index in [4.69, 9.17) is 5.11 Å². The van der Waals surface area contributed by atoms with Gasteiger partial charge >= 0.3 is 0 Å². The van der Waals surface area contributed by atoms with Crippen molar-refractivity contribution in [3.05, 3.63) is 12.2 Å². The SMILES string of the molecule is Cn1ncnc1CNC(C)(C)CCO. The van der Waals surface area contributed by atoms with Crippen LogP contribution in [0.4, 0.5) is 0 Å². The molecule has 0 saturated carbocycles. The number of nitrogens with one attached hydrogen (secondary N) is 1. The summed E-state index contributed by atoms with van der Waals surface area (Å²) < 4.78 is 1.74. The first-order valence-electron chi connectivity index (χ1n) is 4.74. The monoisotopic (exact) mass is 198 g/mol. The normalized spacial score (nSPS) is 12.0. The number of aliphatic hydroxyl groups is 1. The fourth-order valence-corrected chi connectivity index (χ4v) is 1.17. The fourth-order valence-electron chi connectivity index (χ4n) is 1.17. The maximum absolute atomic E-state index is 8.84. The lowest BCUT2D eigenvalue weighted by molar-refractivity contribution is 0.229. The van der Waals surface area contributed by atoms with Crippen LogP contribution in [0.1, 0.15) is 26.1 Å². The summed E-state index contributed by atoms with van der Waals surface area (Å²) >= 11 is 0. The smallest absolute Gasteiger partial charge is 0.140 e. The Morgan fingerprint density at radius 3 is 2.79 bits per heavy atom. The lowest BCUT2D eigenvalue weighted by atomic mass is 10.0. The third kappa shape index (κ3) is 3.08. The topological polar surface area (TPSA) is 63.0 Å². The van der Waals surface area contributed by atoms with Crippen LogP contribution in [0.25, 0.3) is 0 Å². The highest BCUT2D eigenvalue weighted by Crippen LogP contribution is 2.07. The van der Waals surface area contributed by atoms with E-state index in [-0.39, 0.29) is 12.1 Å². The van der Waals surface area contributed by atoms with E-state index in [0.717, 1.165) is 12.2 Å². The summed E-state index contributed by atoms with van der Waals surface area (Å²) in [6.45, 7) is 4.97. The van der Waals surface area contributed by atoms with Gasteiger partial charge in [-0.1, -0.05) is 0 Å². The van der Waals surface area contributed by atoms with E-state index in [9.17, 15) is 0 Å². The van der Waals surface area contributed by atoms with Crippen molar-refractivity contribution in [1.29, 1.82) is 0 Å². The molecule has 0 amide bonds. The van der Waals surface area contributed by atoms with Gasteiger partial charge in [-0.05, 0) is 20.3 Å². The second-order valence-corrected chi connectivity index (χ2v) is 4.01. The number of aryl methyl sites for hydroxylation is 1. The third-order valence-electron chi connectivity index (χ3n) is 2.27. The van der Waals surface area contributed by atoms with E-state index < -0.39 is 0 Å². The van der Waals surface area contributed by atoms with Gasteiger partial charge in [0.25, 0.3) is 0 Å². The average molecular weight is 198 g/mol. The molecule has 2 N–H and O–H groups in total.